The molecule has 0 fully saturated rings. The first-order valence-electron chi connectivity index (χ1n) is 9.81. The van der Waals surface area contributed by atoms with E-state index in [1.165, 1.54) is 5.56 Å². The third-order valence-electron chi connectivity index (χ3n) is 5.48. The van der Waals surface area contributed by atoms with Gasteiger partial charge in [0.2, 0.25) is 5.78 Å². The van der Waals surface area contributed by atoms with Crippen LogP contribution in [0.4, 0.5) is 0 Å². The number of benzene rings is 2. The number of Topliss-reactive ketones (excluding diaryl/α,β-unsaturated/α-hetero) is 1. The molecule has 5 heteroatoms. The number of ketones is 1. The Balaban J connectivity index is 2.07. The number of hydrogen-bond acceptors (Lipinski definition) is 3. The van der Waals surface area contributed by atoms with E-state index in [1.807, 2.05) is 38.1 Å². The zero-order chi connectivity index (χ0) is 21.4. The van der Waals surface area contributed by atoms with Gasteiger partial charge in [-0.25, -0.2) is 4.21 Å². The zero-order valence-electron chi connectivity index (χ0n) is 17.6. The molecule has 0 spiro atoms. The normalized spacial score (nSPS) is 20.7. The number of hydrogen-bond donors (Lipinski definition) is 1. The Bertz CT molecular complexity index is 965. The van der Waals surface area contributed by atoms with Crippen LogP contribution in [-0.4, -0.2) is 20.1 Å². The number of carbonyl (C=O) groups excluding carboxylic acids is 1. The van der Waals surface area contributed by atoms with Gasteiger partial charge in [0.25, 0.3) is 0 Å². The Labute approximate surface area is 175 Å². The topological polar surface area (TPSA) is 63.6 Å². The molecule has 1 aliphatic heterocycles. The average Bonchev–Trinajstić information content (AvgIpc) is 2.93. The summed E-state index contributed by atoms with van der Waals surface area (Å²) >= 11 is -1.89. The van der Waals surface area contributed by atoms with Crippen molar-refractivity contribution in [3.05, 3.63) is 70.8 Å². The molecule has 2 unspecified atom stereocenters. The van der Waals surface area contributed by atoms with Crippen LogP contribution >= 0.6 is 0 Å². The van der Waals surface area contributed by atoms with Crippen molar-refractivity contribution in [2.45, 2.75) is 57.8 Å². The highest BCUT2D eigenvalue weighted by Crippen LogP contribution is 2.43. The lowest BCUT2D eigenvalue weighted by atomic mass is 9.84. The summed E-state index contributed by atoms with van der Waals surface area (Å²) < 4.78 is 26.3. The molecule has 0 aliphatic carbocycles. The summed E-state index contributed by atoms with van der Waals surface area (Å²) in [7, 11) is 0. The highest BCUT2D eigenvalue weighted by Gasteiger charge is 2.45. The predicted octanol–water partition coefficient (Wildman–Crippen LogP) is 5.34. The third kappa shape index (κ3) is 4.36. The van der Waals surface area contributed by atoms with Crippen molar-refractivity contribution >= 4 is 28.2 Å². The van der Waals surface area contributed by atoms with Gasteiger partial charge < -0.3 is 9.29 Å². The molecule has 29 heavy (non-hydrogen) atoms. The van der Waals surface area contributed by atoms with Gasteiger partial charge in [-0.15, -0.1) is 0 Å². The highest BCUT2D eigenvalue weighted by atomic mass is 32.2. The van der Waals surface area contributed by atoms with Crippen molar-refractivity contribution in [2.24, 2.45) is 0 Å². The summed E-state index contributed by atoms with van der Waals surface area (Å²) in [5, 5.41) is 0. The van der Waals surface area contributed by atoms with Gasteiger partial charge in [0.15, 0.2) is 16.7 Å². The quantitative estimate of drug-likeness (QED) is 0.673. The molecule has 1 heterocycles. The van der Waals surface area contributed by atoms with Crippen LogP contribution in [0.5, 0.6) is 0 Å². The maximum absolute atomic E-state index is 13.3. The molecule has 0 radical (unpaired) electrons. The summed E-state index contributed by atoms with van der Waals surface area (Å²) in [6, 6.07) is 15.4. The van der Waals surface area contributed by atoms with Gasteiger partial charge in [-0.2, -0.15) is 0 Å². The Morgan fingerprint density at radius 1 is 1.00 bits per heavy atom. The molecule has 0 amide bonds. The monoisotopic (exact) mass is 412 g/mol. The van der Waals surface area contributed by atoms with Crippen molar-refractivity contribution in [3.8, 4) is 0 Å². The van der Waals surface area contributed by atoms with E-state index in [4.69, 9.17) is 9.29 Å². The zero-order valence-corrected chi connectivity index (χ0v) is 18.4. The van der Waals surface area contributed by atoms with E-state index in [9.17, 15) is 9.00 Å². The maximum Gasteiger partial charge on any atom is 0.210 e. The lowest BCUT2D eigenvalue weighted by Crippen LogP contribution is -2.32. The fourth-order valence-corrected chi connectivity index (χ4v) is 3.90. The molecule has 2 aromatic rings. The van der Waals surface area contributed by atoms with Gasteiger partial charge in [-0.05, 0) is 35.4 Å². The number of ether oxygens (including phenoxy) is 1. The Morgan fingerprint density at radius 3 is 2.03 bits per heavy atom. The maximum atomic E-state index is 13.3. The molecule has 1 aliphatic rings. The largest absolute Gasteiger partial charge is 0.478 e. The molecule has 2 aromatic carbocycles. The van der Waals surface area contributed by atoms with E-state index in [1.54, 1.807) is 12.1 Å². The SMILES string of the molecule is CCC1(C)OC(c2ccc(CS(=O)O)cc2)=C(c2ccc(C(C)(C)C)cc2)C1=O. The highest BCUT2D eigenvalue weighted by molar-refractivity contribution is 7.78. The van der Waals surface area contributed by atoms with Crippen molar-refractivity contribution in [3.63, 3.8) is 0 Å². The van der Waals surface area contributed by atoms with E-state index >= 15 is 0 Å². The summed E-state index contributed by atoms with van der Waals surface area (Å²) in [6.07, 6.45) is 0.570. The first-order valence-corrected chi connectivity index (χ1v) is 11.1. The van der Waals surface area contributed by atoms with Crippen LogP contribution in [0, 0.1) is 0 Å². The van der Waals surface area contributed by atoms with E-state index in [0.717, 1.165) is 16.7 Å². The van der Waals surface area contributed by atoms with Gasteiger partial charge in [0.05, 0.1) is 11.3 Å². The van der Waals surface area contributed by atoms with E-state index in [2.05, 4.69) is 32.9 Å². The van der Waals surface area contributed by atoms with Gasteiger partial charge in [-0.1, -0.05) is 76.2 Å². The van der Waals surface area contributed by atoms with Gasteiger partial charge >= 0.3 is 0 Å². The Kier molecular flexibility index (Phi) is 5.84. The van der Waals surface area contributed by atoms with Crippen molar-refractivity contribution < 1.29 is 18.3 Å². The van der Waals surface area contributed by atoms with Crippen LogP contribution in [-0.2, 0) is 31.8 Å². The van der Waals surface area contributed by atoms with E-state index < -0.39 is 16.7 Å². The summed E-state index contributed by atoms with van der Waals surface area (Å²) in [4.78, 5) is 13.3. The van der Waals surface area contributed by atoms with Crippen LogP contribution in [0.2, 0.25) is 0 Å². The second-order valence-electron chi connectivity index (χ2n) is 8.71. The minimum atomic E-state index is -1.89. The predicted molar refractivity (Wildman–Crippen MR) is 118 cm³/mol. The first-order chi connectivity index (χ1) is 13.5. The summed E-state index contributed by atoms with van der Waals surface area (Å²) in [6.45, 7) is 10.2. The molecule has 0 saturated heterocycles. The molecule has 0 aromatic heterocycles. The fourth-order valence-electron chi connectivity index (χ4n) is 3.42. The molecule has 0 saturated carbocycles. The van der Waals surface area contributed by atoms with Gasteiger partial charge in [-0.3, -0.25) is 4.79 Å². The van der Waals surface area contributed by atoms with Crippen LogP contribution in [0.25, 0.3) is 11.3 Å². The molecule has 1 N–H and O–H groups in total. The lowest BCUT2D eigenvalue weighted by molar-refractivity contribution is -0.126. The second kappa shape index (κ2) is 7.88. The Hall–Kier alpha value is -2.24. The molecule has 154 valence electrons. The Morgan fingerprint density at radius 2 is 1.55 bits per heavy atom. The lowest BCUT2D eigenvalue weighted by Gasteiger charge is -2.22. The van der Waals surface area contributed by atoms with Crippen LogP contribution in [0.1, 0.15) is 63.3 Å². The molecule has 0 bridgehead atoms. The van der Waals surface area contributed by atoms with Crippen LogP contribution in [0.3, 0.4) is 0 Å². The molecular formula is C24H28O4S. The number of carbonyl (C=O) groups is 1. The molecule has 2 atom stereocenters. The summed E-state index contributed by atoms with van der Waals surface area (Å²) in [5.41, 5.74) is 3.33. The minimum Gasteiger partial charge on any atom is -0.478 e. The first kappa shape index (κ1) is 21.5. The minimum absolute atomic E-state index is 0.0148. The van der Waals surface area contributed by atoms with Crippen LogP contribution < -0.4 is 0 Å². The van der Waals surface area contributed by atoms with Crippen molar-refractivity contribution in [1.82, 2.24) is 0 Å². The average molecular weight is 413 g/mol. The summed E-state index contributed by atoms with van der Waals surface area (Å²) in [5.74, 6) is 0.631. The fraction of sp³-hybridized carbons (Fsp3) is 0.375. The van der Waals surface area contributed by atoms with E-state index in [0.29, 0.717) is 17.8 Å². The smallest absolute Gasteiger partial charge is 0.210 e. The molecule has 4 nitrogen and oxygen atoms in total. The second-order valence-corrected chi connectivity index (χ2v) is 9.64. The standard InChI is InChI=1S/C24H28O4S/c1-6-24(5)22(25)20(17-11-13-19(14-12-17)23(2,3)4)21(28-24)18-9-7-16(8-10-18)15-29(26)27/h7-14H,6,15H2,1-5H3,(H,26,27). The molecule has 3 rings (SSSR count). The van der Waals surface area contributed by atoms with Crippen LogP contribution in [0.15, 0.2) is 48.5 Å². The van der Waals surface area contributed by atoms with Crippen molar-refractivity contribution in [1.29, 1.82) is 0 Å². The van der Waals surface area contributed by atoms with E-state index in [-0.39, 0.29) is 17.0 Å². The van der Waals surface area contributed by atoms with Gasteiger partial charge in [0.1, 0.15) is 5.76 Å². The molecular weight excluding hydrogens is 384 g/mol. The third-order valence-corrected chi connectivity index (χ3v) is 6.06. The van der Waals surface area contributed by atoms with Crippen molar-refractivity contribution in [2.75, 3.05) is 0 Å². The number of rotatable bonds is 5. The van der Waals surface area contributed by atoms with Gasteiger partial charge in [0, 0.05) is 5.56 Å².